The van der Waals surface area contributed by atoms with E-state index in [1.807, 2.05) is 0 Å². The molecule has 2 N–H and O–H groups in total. The average Bonchev–Trinajstić information content (AvgIpc) is 2.62. The Kier molecular flexibility index (Phi) is 6.99. The van der Waals surface area contributed by atoms with Crippen molar-refractivity contribution >= 4 is 17.4 Å². The Morgan fingerprint density at radius 3 is 2.54 bits per heavy atom. The molecule has 2 rings (SSSR count). The molecule has 0 bridgehead atoms. The predicted octanol–water partition coefficient (Wildman–Crippen LogP) is 2.44. The van der Waals surface area contributed by atoms with E-state index in [0.717, 1.165) is 36.2 Å². The number of fused-ring (bicyclic) bond motifs is 1. The molecule has 0 amide bonds. The smallest absolute Gasteiger partial charge is 0.500 e. The Labute approximate surface area is 146 Å². The van der Waals surface area contributed by atoms with Crippen molar-refractivity contribution in [3.63, 3.8) is 0 Å². The van der Waals surface area contributed by atoms with Crippen molar-refractivity contribution in [1.29, 1.82) is 0 Å². The summed E-state index contributed by atoms with van der Waals surface area (Å²) in [5, 5.41) is 0. The molecule has 0 spiro atoms. The Hall–Kier alpha value is -0.746. The zero-order valence-electron chi connectivity index (χ0n) is 15.1. The molecule has 1 heterocycles. The van der Waals surface area contributed by atoms with Gasteiger partial charge in [-0.15, -0.1) is 0 Å². The highest BCUT2D eigenvalue weighted by Crippen LogP contribution is 2.32. The second-order valence-electron chi connectivity index (χ2n) is 6.15. The summed E-state index contributed by atoms with van der Waals surface area (Å²) < 4.78 is 28.7. The van der Waals surface area contributed by atoms with Crippen molar-refractivity contribution in [2.75, 3.05) is 27.9 Å². The quantitative estimate of drug-likeness (QED) is 0.672. The van der Waals surface area contributed by atoms with Crippen LogP contribution in [0.25, 0.3) is 0 Å². The van der Waals surface area contributed by atoms with E-state index < -0.39 is 17.4 Å². The van der Waals surface area contributed by atoms with Crippen LogP contribution in [-0.2, 0) is 30.7 Å². The van der Waals surface area contributed by atoms with Gasteiger partial charge < -0.3 is 27.9 Å². The fraction of sp³-hybridized carbons (Fsp3) is 0.625. The van der Waals surface area contributed by atoms with Gasteiger partial charge in [-0.05, 0) is 43.6 Å². The third-order valence-corrected chi connectivity index (χ3v) is 9.87. The molecule has 24 heavy (non-hydrogen) atoms. The summed E-state index contributed by atoms with van der Waals surface area (Å²) >= 11 is 0. The summed E-state index contributed by atoms with van der Waals surface area (Å²) in [7, 11) is 0.252. The van der Waals surface area contributed by atoms with E-state index in [9.17, 15) is 0 Å². The molecule has 0 aromatic heterocycles. The highest BCUT2D eigenvalue weighted by atomic mass is 28.4. The third-order valence-electron chi connectivity index (χ3n) is 4.47. The monoisotopic (exact) mass is 371 g/mol. The molecule has 0 radical (unpaired) electrons. The molecule has 6 nitrogen and oxygen atoms in total. The standard InChI is InChI=1S/C16H29NO5Si2/c1-18-24(19-2,20-3)11-8-14-6-7-16-15(12-14)13-21-23(4,22-16)10-5-9-17/h6-7,12H,5,8-11,13,17H2,1-4H3. The molecule has 1 aliphatic heterocycles. The highest BCUT2D eigenvalue weighted by Gasteiger charge is 2.38. The van der Waals surface area contributed by atoms with Crippen LogP contribution in [0.3, 0.4) is 0 Å². The van der Waals surface area contributed by atoms with Gasteiger partial charge in [-0.3, -0.25) is 0 Å². The van der Waals surface area contributed by atoms with Crippen molar-refractivity contribution in [2.45, 2.75) is 38.1 Å². The summed E-state index contributed by atoms with van der Waals surface area (Å²) in [6.07, 6.45) is 1.77. The van der Waals surface area contributed by atoms with E-state index in [-0.39, 0.29) is 0 Å². The minimum atomic E-state index is -2.54. The molecule has 136 valence electrons. The first-order chi connectivity index (χ1) is 11.5. The first-order valence-corrected chi connectivity index (χ1v) is 12.8. The summed E-state index contributed by atoms with van der Waals surface area (Å²) in [6, 6.07) is 7.96. The van der Waals surface area contributed by atoms with E-state index in [4.69, 9.17) is 27.9 Å². The fourth-order valence-electron chi connectivity index (χ4n) is 2.89. The van der Waals surface area contributed by atoms with Crippen LogP contribution in [0.1, 0.15) is 17.5 Å². The number of nitrogens with two attached hydrogens (primary N) is 1. The van der Waals surface area contributed by atoms with Crippen LogP contribution in [0.15, 0.2) is 18.2 Å². The van der Waals surface area contributed by atoms with Gasteiger partial charge in [0.25, 0.3) is 0 Å². The number of rotatable bonds is 9. The summed E-state index contributed by atoms with van der Waals surface area (Å²) in [6.45, 7) is 3.39. The van der Waals surface area contributed by atoms with E-state index in [1.165, 1.54) is 5.56 Å². The maximum atomic E-state index is 6.18. The van der Waals surface area contributed by atoms with Crippen molar-refractivity contribution < 1.29 is 22.1 Å². The molecule has 1 unspecified atom stereocenters. The molecule has 0 aliphatic carbocycles. The molecule has 1 aliphatic rings. The number of hydrogen-bond acceptors (Lipinski definition) is 6. The van der Waals surface area contributed by atoms with Gasteiger partial charge in [0.1, 0.15) is 5.75 Å². The number of hydrogen-bond donors (Lipinski definition) is 1. The molecule has 8 heteroatoms. The van der Waals surface area contributed by atoms with Crippen molar-refractivity contribution in [3.8, 4) is 5.75 Å². The van der Waals surface area contributed by atoms with E-state index in [2.05, 4.69) is 24.7 Å². The molecular weight excluding hydrogens is 342 g/mol. The zero-order chi connectivity index (χ0) is 17.6. The molecule has 1 aromatic rings. The zero-order valence-corrected chi connectivity index (χ0v) is 17.1. The minimum Gasteiger partial charge on any atom is -0.520 e. The molecule has 0 fully saturated rings. The van der Waals surface area contributed by atoms with Gasteiger partial charge in [-0.25, -0.2) is 0 Å². The van der Waals surface area contributed by atoms with Gasteiger partial charge in [-0.2, -0.15) is 0 Å². The Bertz CT molecular complexity index is 533. The fourth-order valence-corrected chi connectivity index (χ4v) is 6.88. The first-order valence-electron chi connectivity index (χ1n) is 8.30. The maximum absolute atomic E-state index is 6.18. The normalized spacial score (nSPS) is 20.5. The van der Waals surface area contributed by atoms with Crippen molar-refractivity contribution in [3.05, 3.63) is 29.3 Å². The maximum Gasteiger partial charge on any atom is 0.500 e. The Morgan fingerprint density at radius 2 is 1.92 bits per heavy atom. The predicted molar refractivity (Wildman–Crippen MR) is 97.2 cm³/mol. The lowest BCUT2D eigenvalue weighted by atomic mass is 10.1. The minimum absolute atomic E-state index is 0.609. The van der Waals surface area contributed by atoms with Crippen molar-refractivity contribution in [2.24, 2.45) is 5.73 Å². The summed E-state index contributed by atoms with van der Waals surface area (Å²) in [4.78, 5) is 0. The van der Waals surface area contributed by atoms with E-state index >= 15 is 0 Å². The van der Waals surface area contributed by atoms with Gasteiger partial charge in [0.15, 0.2) is 0 Å². The lowest BCUT2D eigenvalue weighted by Gasteiger charge is -2.33. The highest BCUT2D eigenvalue weighted by molar-refractivity contribution is 6.67. The van der Waals surface area contributed by atoms with Crippen LogP contribution < -0.4 is 10.2 Å². The number of aryl methyl sites for hydroxylation is 1. The first kappa shape index (κ1) is 19.6. The second-order valence-corrected chi connectivity index (χ2v) is 12.5. The van der Waals surface area contributed by atoms with Gasteiger partial charge in [0.2, 0.25) is 0 Å². The van der Waals surface area contributed by atoms with Crippen LogP contribution in [0.4, 0.5) is 0 Å². The SMILES string of the molecule is CO[Si](CCc1ccc2c(c1)CO[Si](C)(CCCN)O2)(OC)OC. The van der Waals surface area contributed by atoms with Gasteiger partial charge in [0.05, 0.1) is 6.61 Å². The van der Waals surface area contributed by atoms with Crippen molar-refractivity contribution in [1.82, 2.24) is 0 Å². The van der Waals surface area contributed by atoms with Gasteiger partial charge in [-0.1, -0.05) is 6.07 Å². The number of benzene rings is 1. The summed E-state index contributed by atoms with van der Waals surface area (Å²) in [5.74, 6) is 0.949. The lowest BCUT2D eigenvalue weighted by Crippen LogP contribution is -2.45. The topological polar surface area (TPSA) is 72.2 Å². The molecule has 1 aromatic carbocycles. The van der Waals surface area contributed by atoms with Crippen LogP contribution in [0.2, 0.25) is 18.6 Å². The van der Waals surface area contributed by atoms with Gasteiger partial charge >= 0.3 is 17.4 Å². The molecule has 1 atom stereocenters. The Morgan fingerprint density at radius 1 is 1.21 bits per heavy atom. The van der Waals surface area contributed by atoms with Crippen LogP contribution in [0, 0.1) is 0 Å². The Balaban J connectivity index is 2.03. The van der Waals surface area contributed by atoms with Crippen LogP contribution in [-0.4, -0.2) is 45.2 Å². The van der Waals surface area contributed by atoms with E-state index in [0.29, 0.717) is 13.2 Å². The average molecular weight is 372 g/mol. The summed E-state index contributed by atoms with van der Waals surface area (Å²) in [5.41, 5.74) is 7.91. The van der Waals surface area contributed by atoms with Gasteiger partial charge in [0, 0.05) is 39.0 Å². The van der Waals surface area contributed by atoms with Crippen LogP contribution >= 0.6 is 0 Å². The van der Waals surface area contributed by atoms with Crippen LogP contribution in [0.5, 0.6) is 5.75 Å². The second kappa shape index (κ2) is 8.57. The molecular formula is C16H29NO5Si2. The molecule has 0 saturated carbocycles. The molecule has 0 saturated heterocycles. The van der Waals surface area contributed by atoms with E-state index in [1.54, 1.807) is 21.3 Å². The lowest BCUT2D eigenvalue weighted by molar-refractivity contribution is 0.123. The largest absolute Gasteiger partial charge is 0.520 e. The third kappa shape index (κ3) is 4.66.